The Hall–Kier alpha value is -1.04. The van der Waals surface area contributed by atoms with Crippen molar-refractivity contribution in [1.29, 1.82) is 0 Å². The maximum absolute atomic E-state index is 6.28. The smallest absolute Gasteiger partial charge is 0.185 e. The first-order valence-electron chi connectivity index (χ1n) is 13.2. The molecule has 2 heteroatoms. The minimum absolute atomic E-state index is 0.330. The summed E-state index contributed by atoms with van der Waals surface area (Å²) in [6.07, 6.45) is 17.7. The lowest BCUT2D eigenvalue weighted by Gasteiger charge is -2.44. The quantitative estimate of drug-likeness (QED) is 0.299. The molecule has 0 aromatic heterocycles. The number of fused-ring (bicyclic) bond motifs is 1. The zero-order chi connectivity index (χ0) is 23.6. The molecule has 3 fully saturated rings. The van der Waals surface area contributed by atoms with E-state index in [-0.39, 0.29) is 5.60 Å². The predicted molar refractivity (Wildman–Crippen MR) is 142 cm³/mol. The highest BCUT2D eigenvalue weighted by Gasteiger charge is 2.50. The van der Waals surface area contributed by atoms with Gasteiger partial charge in [-0.1, -0.05) is 49.6 Å². The predicted octanol–water partition coefficient (Wildman–Crippen LogP) is 8.85. The van der Waals surface area contributed by atoms with Gasteiger partial charge < -0.3 is 4.43 Å². The van der Waals surface area contributed by atoms with Crippen molar-refractivity contribution in [2.45, 2.75) is 117 Å². The summed E-state index contributed by atoms with van der Waals surface area (Å²) in [5, 5.41) is 0. The van der Waals surface area contributed by atoms with Gasteiger partial charge in [0.1, 0.15) is 5.60 Å². The molecular weight excluding hydrogens is 404 g/mol. The molecule has 3 rings (SSSR count). The number of hydrogen-bond acceptors (Lipinski definition) is 1. The maximum Gasteiger partial charge on any atom is 0.185 e. The van der Waals surface area contributed by atoms with Crippen LogP contribution >= 0.6 is 0 Å². The van der Waals surface area contributed by atoms with Crippen LogP contribution in [0.1, 0.15) is 91.9 Å². The first-order chi connectivity index (χ1) is 14.9. The summed E-state index contributed by atoms with van der Waals surface area (Å²) < 4.78 is 6.28. The van der Waals surface area contributed by atoms with E-state index in [9.17, 15) is 0 Å². The van der Waals surface area contributed by atoms with E-state index in [1.54, 1.807) is 5.57 Å². The van der Waals surface area contributed by atoms with Gasteiger partial charge in [0.15, 0.2) is 8.32 Å². The van der Waals surface area contributed by atoms with Crippen molar-refractivity contribution in [3.63, 3.8) is 0 Å². The fraction of sp³-hybridized carbons (Fsp3) is 0.733. The Labute approximate surface area is 200 Å². The third-order valence-corrected chi connectivity index (χ3v) is 9.35. The van der Waals surface area contributed by atoms with Crippen molar-refractivity contribution in [2.24, 2.45) is 23.2 Å². The zero-order valence-electron chi connectivity index (χ0n) is 22.1. The van der Waals surface area contributed by atoms with Crippen LogP contribution in [0.15, 0.2) is 35.5 Å². The number of rotatable bonds is 5. The summed E-state index contributed by atoms with van der Waals surface area (Å²) in [4.78, 5) is 0. The molecule has 0 bridgehead atoms. The van der Waals surface area contributed by atoms with Gasteiger partial charge >= 0.3 is 0 Å². The van der Waals surface area contributed by atoms with Gasteiger partial charge in [-0.15, -0.1) is 5.92 Å². The van der Waals surface area contributed by atoms with E-state index in [1.165, 1.54) is 68.9 Å². The Morgan fingerprint density at radius 2 is 1.84 bits per heavy atom. The Balaban J connectivity index is 1.68. The molecule has 0 aromatic rings. The highest BCUT2D eigenvalue weighted by atomic mass is 28.4. The van der Waals surface area contributed by atoms with Crippen LogP contribution in [0, 0.1) is 35.0 Å². The fourth-order valence-corrected chi connectivity index (χ4v) is 8.55. The van der Waals surface area contributed by atoms with Gasteiger partial charge in [0.2, 0.25) is 0 Å². The molecule has 0 aliphatic heterocycles. The summed E-state index contributed by atoms with van der Waals surface area (Å²) in [6.45, 7) is 20.4. The third-order valence-electron chi connectivity index (χ3n) is 8.23. The van der Waals surface area contributed by atoms with Gasteiger partial charge in [-0.2, -0.15) is 0 Å². The Morgan fingerprint density at radius 1 is 1.12 bits per heavy atom. The van der Waals surface area contributed by atoms with Gasteiger partial charge in [-0.3, -0.25) is 0 Å². The third kappa shape index (κ3) is 6.30. The Bertz CT molecular complexity index is 812. The molecule has 0 unspecified atom stereocenters. The lowest BCUT2D eigenvalue weighted by atomic mass is 9.61. The molecule has 0 amide bonds. The maximum atomic E-state index is 6.28. The molecule has 3 saturated carbocycles. The van der Waals surface area contributed by atoms with Crippen molar-refractivity contribution in [1.82, 2.24) is 0 Å². The lowest BCUT2D eigenvalue weighted by molar-refractivity contribution is 0.0991. The van der Waals surface area contributed by atoms with Crippen LogP contribution in [0.3, 0.4) is 0 Å². The summed E-state index contributed by atoms with van der Waals surface area (Å²) in [6, 6.07) is 0. The van der Waals surface area contributed by atoms with Crippen LogP contribution in [-0.2, 0) is 4.43 Å². The molecule has 0 spiro atoms. The molecule has 0 N–H and O–H groups in total. The second-order valence-electron chi connectivity index (χ2n) is 12.5. The summed E-state index contributed by atoms with van der Waals surface area (Å²) in [5.41, 5.74) is 4.72. The number of allylic oxidation sites excluding steroid dienone is 5. The largest absolute Gasteiger partial charge is 0.402 e. The van der Waals surface area contributed by atoms with Crippen molar-refractivity contribution in [3.8, 4) is 11.8 Å². The summed E-state index contributed by atoms with van der Waals surface area (Å²) in [5.74, 6) is 9.19. The van der Waals surface area contributed by atoms with Crippen molar-refractivity contribution in [2.75, 3.05) is 0 Å². The monoisotopic (exact) mass is 452 g/mol. The molecule has 32 heavy (non-hydrogen) atoms. The summed E-state index contributed by atoms with van der Waals surface area (Å²) in [7, 11) is -1.58. The van der Waals surface area contributed by atoms with Gasteiger partial charge in [0.05, 0.1) is 0 Å². The van der Waals surface area contributed by atoms with Crippen molar-refractivity contribution < 1.29 is 4.43 Å². The minimum atomic E-state index is -1.58. The highest BCUT2D eigenvalue weighted by Crippen LogP contribution is 2.59. The fourth-order valence-electron chi connectivity index (χ4n) is 6.97. The molecule has 3 aliphatic rings. The first kappa shape index (κ1) is 25.6. The van der Waals surface area contributed by atoms with Crippen LogP contribution < -0.4 is 0 Å². The molecule has 178 valence electrons. The second kappa shape index (κ2) is 10.1. The van der Waals surface area contributed by atoms with Crippen LogP contribution in [0.25, 0.3) is 0 Å². The molecular formula is C30H48OSi. The topological polar surface area (TPSA) is 9.23 Å². The molecule has 3 aliphatic carbocycles. The average molecular weight is 453 g/mol. The molecule has 0 heterocycles. The number of hydrogen-bond donors (Lipinski definition) is 0. The standard InChI is InChI=1S/C30H48OSi/c1-23-13-9-10-15-25(23)17-18-26-16-12-22-30(5)27(19-20-28(26)30)24(2)14-11-21-29(3,4)31-32(6,7)8/h17-18,24,27-28H,1,9-10,12-16,19-20,22H2,2-8H3/t24-,27-,28+,30-/m1/s1. The van der Waals surface area contributed by atoms with E-state index in [1.807, 2.05) is 0 Å². The van der Waals surface area contributed by atoms with E-state index in [0.29, 0.717) is 11.3 Å². The van der Waals surface area contributed by atoms with Gasteiger partial charge in [0, 0.05) is 6.42 Å². The van der Waals surface area contributed by atoms with Crippen LogP contribution in [-0.4, -0.2) is 13.9 Å². The molecule has 0 saturated heterocycles. The van der Waals surface area contributed by atoms with E-state index < -0.39 is 8.32 Å². The molecule has 4 atom stereocenters. The minimum Gasteiger partial charge on any atom is -0.402 e. The normalized spacial score (nSPS) is 32.5. The van der Waals surface area contributed by atoms with Crippen LogP contribution in [0.2, 0.25) is 19.6 Å². The average Bonchev–Trinajstić information content (AvgIpc) is 3.03. The van der Waals surface area contributed by atoms with Gasteiger partial charge in [0.25, 0.3) is 0 Å². The zero-order valence-corrected chi connectivity index (χ0v) is 23.1. The van der Waals surface area contributed by atoms with E-state index >= 15 is 0 Å². The SMILES string of the molecule is C=C1CCCCC1=CC=C1CCC[C@]2(C)[C@@H]([C@H](C)CC#CC(C)(C)O[Si](C)(C)C)CC[C@@H]12. The molecule has 0 radical (unpaired) electrons. The lowest BCUT2D eigenvalue weighted by Crippen LogP contribution is -2.37. The van der Waals surface area contributed by atoms with Crippen LogP contribution in [0.5, 0.6) is 0 Å². The van der Waals surface area contributed by atoms with Gasteiger partial charge in [-0.25, -0.2) is 0 Å². The summed E-state index contributed by atoms with van der Waals surface area (Å²) >= 11 is 0. The Morgan fingerprint density at radius 3 is 2.53 bits per heavy atom. The van der Waals surface area contributed by atoms with E-state index in [4.69, 9.17) is 4.43 Å². The van der Waals surface area contributed by atoms with Crippen molar-refractivity contribution >= 4 is 8.32 Å². The molecule has 0 aromatic carbocycles. The first-order valence-corrected chi connectivity index (χ1v) is 16.6. The Kier molecular flexibility index (Phi) is 8.04. The highest BCUT2D eigenvalue weighted by molar-refractivity contribution is 6.69. The van der Waals surface area contributed by atoms with Gasteiger partial charge in [-0.05, 0) is 120 Å². The molecule has 1 nitrogen and oxygen atoms in total. The van der Waals surface area contributed by atoms with E-state index in [0.717, 1.165) is 18.3 Å². The van der Waals surface area contributed by atoms with Crippen molar-refractivity contribution in [3.05, 3.63) is 35.5 Å². The second-order valence-corrected chi connectivity index (χ2v) is 17.0. The van der Waals surface area contributed by atoms with Crippen LogP contribution in [0.4, 0.5) is 0 Å². The van der Waals surface area contributed by atoms with E-state index in [2.05, 4.69) is 77.9 Å².